The summed E-state index contributed by atoms with van der Waals surface area (Å²) in [5, 5.41) is 3.32. The second kappa shape index (κ2) is 6.39. The molecule has 1 aromatic heterocycles. The number of carbonyl (C=O) groups is 1. The monoisotopic (exact) mass is 375 g/mol. The standard InChI is InChI=1S/C12H8BrCl2N3O2/c1-20-11-7(13)2-6(14)3-8(11)18-12(19)9-4-17-10(15)5-16-9/h2-5H,1H3,(H,18,19). The molecule has 0 aliphatic rings. The number of methoxy groups -OCH3 is 1. The molecule has 1 heterocycles. The van der Waals surface area contributed by atoms with Gasteiger partial charge in [0.05, 0.1) is 29.7 Å². The van der Waals surface area contributed by atoms with E-state index >= 15 is 0 Å². The van der Waals surface area contributed by atoms with Gasteiger partial charge in [-0.15, -0.1) is 0 Å². The van der Waals surface area contributed by atoms with E-state index in [-0.39, 0.29) is 10.8 Å². The van der Waals surface area contributed by atoms with Gasteiger partial charge in [0.1, 0.15) is 10.8 Å². The molecule has 0 saturated heterocycles. The second-order valence-corrected chi connectivity index (χ2v) is 5.32. The van der Waals surface area contributed by atoms with Crippen LogP contribution in [-0.2, 0) is 0 Å². The maximum Gasteiger partial charge on any atom is 0.275 e. The minimum Gasteiger partial charge on any atom is -0.493 e. The summed E-state index contributed by atoms with van der Waals surface area (Å²) in [6.45, 7) is 0. The Labute approximate surface area is 133 Å². The number of aromatic nitrogens is 2. The average Bonchev–Trinajstić information content (AvgIpc) is 2.39. The van der Waals surface area contributed by atoms with Crippen LogP contribution in [0.5, 0.6) is 5.75 Å². The van der Waals surface area contributed by atoms with Crippen molar-refractivity contribution < 1.29 is 9.53 Å². The van der Waals surface area contributed by atoms with E-state index in [9.17, 15) is 4.79 Å². The molecule has 0 fully saturated rings. The number of nitrogens with zero attached hydrogens (tertiary/aromatic N) is 2. The number of amides is 1. The van der Waals surface area contributed by atoms with Crippen molar-refractivity contribution in [1.82, 2.24) is 9.97 Å². The first-order chi connectivity index (χ1) is 9.51. The van der Waals surface area contributed by atoms with E-state index in [1.54, 1.807) is 12.1 Å². The Balaban J connectivity index is 2.30. The van der Waals surface area contributed by atoms with Crippen molar-refractivity contribution in [3.8, 4) is 5.75 Å². The molecular weight excluding hydrogens is 369 g/mol. The predicted molar refractivity (Wildman–Crippen MR) is 80.7 cm³/mol. The number of hydrogen-bond acceptors (Lipinski definition) is 4. The molecule has 0 radical (unpaired) electrons. The predicted octanol–water partition coefficient (Wildman–Crippen LogP) is 3.81. The Morgan fingerprint density at radius 2 is 2.05 bits per heavy atom. The largest absolute Gasteiger partial charge is 0.493 e. The van der Waals surface area contributed by atoms with Gasteiger partial charge in [0.15, 0.2) is 5.75 Å². The number of anilines is 1. The molecular formula is C12H8BrCl2N3O2. The Bertz CT molecular complexity index is 650. The van der Waals surface area contributed by atoms with E-state index in [2.05, 4.69) is 31.2 Å². The average molecular weight is 377 g/mol. The van der Waals surface area contributed by atoms with Crippen molar-refractivity contribution in [3.63, 3.8) is 0 Å². The van der Waals surface area contributed by atoms with Crippen molar-refractivity contribution in [3.05, 3.63) is 44.9 Å². The molecule has 0 atom stereocenters. The zero-order valence-electron chi connectivity index (χ0n) is 10.2. The zero-order chi connectivity index (χ0) is 14.7. The Morgan fingerprint density at radius 1 is 1.30 bits per heavy atom. The van der Waals surface area contributed by atoms with Crippen LogP contribution in [0.3, 0.4) is 0 Å². The van der Waals surface area contributed by atoms with Crippen LogP contribution < -0.4 is 10.1 Å². The lowest BCUT2D eigenvalue weighted by Gasteiger charge is -2.12. The molecule has 5 nitrogen and oxygen atoms in total. The van der Waals surface area contributed by atoms with Gasteiger partial charge in [0.25, 0.3) is 5.91 Å². The van der Waals surface area contributed by atoms with Gasteiger partial charge >= 0.3 is 0 Å². The number of nitrogens with one attached hydrogen (secondary N) is 1. The van der Waals surface area contributed by atoms with Crippen LogP contribution in [0.25, 0.3) is 0 Å². The van der Waals surface area contributed by atoms with E-state index < -0.39 is 5.91 Å². The molecule has 0 saturated carbocycles. The third-order valence-electron chi connectivity index (χ3n) is 2.31. The van der Waals surface area contributed by atoms with Crippen molar-refractivity contribution in [1.29, 1.82) is 0 Å². The van der Waals surface area contributed by atoms with Gasteiger partial charge in [-0.3, -0.25) is 4.79 Å². The summed E-state index contributed by atoms with van der Waals surface area (Å²) in [4.78, 5) is 19.7. The van der Waals surface area contributed by atoms with Gasteiger partial charge in [-0.05, 0) is 28.1 Å². The number of halogens is 3. The molecule has 0 spiro atoms. The molecule has 2 aromatic rings. The molecule has 0 bridgehead atoms. The van der Waals surface area contributed by atoms with Gasteiger partial charge in [0, 0.05) is 5.02 Å². The van der Waals surface area contributed by atoms with Crippen molar-refractivity contribution in [2.24, 2.45) is 0 Å². The summed E-state index contributed by atoms with van der Waals surface area (Å²) in [5.74, 6) is 0.0197. The molecule has 2 rings (SSSR count). The molecule has 0 aliphatic heterocycles. The van der Waals surface area contributed by atoms with Gasteiger partial charge in [-0.1, -0.05) is 23.2 Å². The van der Waals surface area contributed by atoms with Crippen LogP contribution in [0, 0.1) is 0 Å². The highest BCUT2D eigenvalue weighted by Gasteiger charge is 2.14. The third kappa shape index (κ3) is 3.39. The fourth-order valence-electron chi connectivity index (χ4n) is 1.48. The van der Waals surface area contributed by atoms with Crippen molar-refractivity contribution in [2.45, 2.75) is 0 Å². The molecule has 1 N–H and O–H groups in total. The highest BCUT2D eigenvalue weighted by molar-refractivity contribution is 9.10. The molecule has 20 heavy (non-hydrogen) atoms. The molecule has 8 heteroatoms. The summed E-state index contributed by atoms with van der Waals surface area (Å²) in [6.07, 6.45) is 2.57. The van der Waals surface area contributed by atoms with E-state index in [4.69, 9.17) is 27.9 Å². The van der Waals surface area contributed by atoms with E-state index in [0.717, 1.165) is 0 Å². The summed E-state index contributed by atoms with van der Waals surface area (Å²) < 4.78 is 5.84. The lowest BCUT2D eigenvalue weighted by molar-refractivity contribution is 0.102. The van der Waals surface area contributed by atoms with Gasteiger partial charge < -0.3 is 10.1 Å². The summed E-state index contributed by atoms with van der Waals surface area (Å²) in [5.41, 5.74) is 0.557. The van der Waals surface area contributed by atoms with E-state index in [0.29, 0.717) is 20.9 Å². The topological polar surface area (TPSA) is 64.1 Å². The summed E-state index contributed by atoms with van der Waals surface area (Å²) in [6, 6.07) is 3.24. The molecule has 0 unspecified atom stereocenters. The van der Waals surface area contributed by atoms with Gasteiger partial charge in [0.2, 0.25) is 0 Å². The quantitative estimate of drug-likeness (QED) is 0.884. The van der Waals surface area contributed by atoms with Crippen LogP contribution in [-0.4, -0.2) is 23.0 Å². The van der Waals surface area contributed by atoms with Crippen molar-refractivity contribution in [2.75, 3.05) is 12.4 Å². The maximum absolute atomic E-state index is 12.0. The minimum atomic E-state index is -0.443. The fourth-order valence-corrected chi connectivity index (χ4v) is 2.55. The zero-order valence-corrected chi connectivity index (χ0v) is 13.3. The molecule has 1 aromatic carbocycles. The van der Waals surface area contributed by atoms with Gasteiger partial charge in [-0.25, -0.2) is 9.97 Å². The van der Waals surface area contributed by atoms with E-state index in [1.165, 1.54) is 19.5 Å². The van der Waals surface area contributed by atoms with Crippen LogP contribution in [0.2, 0.25) is 10.2 Å². The second-order valence-electron chi connectivity index (χ2n) is 3.65. The van der Waals surface area contributed by atoms with Crippen LogP contribution in [0.1, 0.15) is 10.5 Å². The first-order valence-corrected chi connectivity index (χ1v) is 6.88. The molecule has 0 aliphatic carbocycles. The van der Waals surface area contributed by atoms with Crippen molar-refractivity contribution >= 4 is 50.7 Å². The maximum atomic E-state index is 12.0. The minimum absolute atomic E-state index is 0.132. The van der Waals surface area contributed by atoms with Crippen LogP contribution in [0.4, 0.5) is 5.69 Å². The Morgan fingerprint density at radius 3 is 2.65 bits per heavy atom. The SMILES string of the molecule is COc1c(Br)cc(Cl)cc1NC(=O)c1cnc(Cl)cn1. The summed E-state index contributed by atoms with van der Waals surface area (Å²) >= 11 is 14.9. The normalized spacial score (nSPS) is 10.2. The van der Waals surface area contributed by atoms with E-state index in [1.807, 2.05) is 0 Å². The van der Waals surface area contributed by atoms with Crippen LogP contribution >= 0.6 is 39.1 Å². The van der Waals surface area contributed by atoms with Crippen LogP contribution in [0.15, 0.2) is 29.0 Å². The number of carbonyl (C=O) groups excluding carboxylic acids is 1. The fraction of sp³-hybridized carbons (Fsp3) is 0.0833. The smallest absolute Gasteiger partial charge is 0.275 e. The lowest BCUT2D eigenvalue weighted by Crippen LogP contribution is -2.14. The Kier molecular flexibility index (Phi) is 4.80. The third-order valence-corrected chi connectivity index (χ3v) is 3.32. The number of rotatable bonds is 3. The summed E-state index contributed by atoms with van der Waals surface area (Å²) in [7, 11) is 1.49. The highest BCUT2D eigenvalue weighted by Crippen LogP contribution is 2.36. The number of hydrogen-bond donors (Lipinski definition) is 1. The Hall–Kier alpha value is -1.37. The molecule has 1 amide bonds. The molecule has 104 valence electrons. The van der Waals surface area contributed by atoms with Gasteiger partial charge in [-0.2, -0.15) is 0 Å². The number of benzene rings is 1. The first-order valence-electron chi connectivity index (χ1n) is 5.33. The lowest BCUT2D eigenvalue weighted by atomic mass is 10.2. The first kappa shape index (κ1) is 15.0. The highest BCUT2D eigenvalue weighted by atomic mass is 79.9. The number of ether oxygens (including phenoxy) is 1.